The summed E-state index contributed by atoms with van der Waals surface area (Å²) in [5.74, 6) is 0.922. The second-order valence-electron chi connectivity index (χ2n) is 5.10. The van der Waals surface area contributed by atoms with Gasteiger partial charge in [-0.2, -0.15) is 0 Å². The van der Waals surface area contributed by atoms with E-state index < -0.39 is 0 Å². The highest BCUT2D eigenvalue weighted by atomic mass is 35.5. The van der Waals surface area contributed by atoms with Crippen LogP contribution in [0.25, 0.3) is 0 Å². The molecular weight excluding hydrogens is 284 g/mol. The molecule has 0 saturated heterocycles. The van der Waals surface area contributed by atoms with Crippen molar-refractivity contribution >= 4 is 23.0 Å². The highest BCUT2D eigenvalue weighted by Crippen LogP contribution is 2.40. The number of nitrogens with zero attached hydrogens (tertiary/aromatic N) is 1. The average Bonchev–Trinajstić information content (AvgIpc) is 2.70. The van der Waals surface area contributed by atoms with E-state index in [0.717, 1.165) is 48.3 Å². The lowest BCUT2D eigenvalue weighted by atomic mass is 10.1. The van der Waals surface area contributed by atoms with Gasteiger partial charge in [0.05, 0.1) is 23.0 Å². The van der Waals surface area contributed by atoms with E-state index in [2.05, 4.69) is 22.3 Å². The fourth-order valence-corrected chi connectivity index (χ4v) is 3.05. The first-order valence-corrected chi connectivity index (χ1v) is 7.60. The van der Waals surface area contributed by atoms with Crippen molar-refractivity contribution in [1.29, 1.82) is 0 Å². The molecule has 0 aromatic heterocycles. The van der Waals surface area contributed by atoms with Gasteiger partial charge in [0.1, 0.15) is 5.75 Å². The van der Waals surface area contributed by atoms with Crippen molar-refractivity contribution in [3.8, 4) is 5.75 Å². The molecule has 0 fully saturated rings. The van der Waals surface area contributed by atoms with Gasteiger partial charge in [0.15, 0.2) is 0 Å². The van der Waals surface area contributed by atoms with Crippen LogP contribution in [0.5, 0.6) is 5.75 Å². The third-order valence-corrected chi connectivity index (χ3v) is 3.95. The first-order chi connectivity index (χ1) is 10.3. The molecule has 0 aliphatic carbocycles. The second kappa shape index (κ2) is 6.37. The lowest BCUT2D eigenvalue weighted by molar-refractivity contribution is 0.322. The topological polar surface area (TPSA) is 24.5 Å². The number of para-hydroxylation sites is 3. The Balaban J connectivity index is 2.12. The van der Waals surface area contributed by atoms with Crippen molar-refractivity contribution < 1.29 is 4.74 Å². The molecule has 1 aliphatic rings. The van der Waals surface area contributed by atoms with E-state index in [1.807, 2.05) is 37.4 Å². The van der Waals surface area contributed by atoms with Crippen LogP contribution in [0.1, 0.15) is 12.0 Å². The molecule has 4 heteroatoms. The number of ether oxygens (including phenoxy) is 1. The van der Waals surface area contributed by atoms with Crippen molar-refractivity contribution in [1.82, 2.24) is 5.32 Å². The summed E-state index contributed by atoms with van der Waals surface area (Å²) in [6.07, 6.45) is 0.971. The molecular formula is C17H19ClN2O. The maximum Gasteiger partial charge on any atom is 0.142 e. The highest BCUT2D eigenvalue weighted by molar-refractivity contribution is 6.33. The quantitative estimate of drug-likeness (QED) is 0.928. The van der Waals surface area contributed by atoms with Crippen molar-refractivity contribution in [2.24, 2.45) is 0 Å². The molecule has 0 amide bonds. The van der Waals surface area contributed by atoms with Gasteiger partial charge in [-0.3, -0.25) is 0 Å². The molecule has 0 unspecified atom stereocenters. The van der Waals surface area contributed by atoms with Gasteiger partial charge in [0.25, 0.3) is 0 Å². The second-order valence-corrected chi connectivity index (χ2v) is 5.51. The van der Waals surface area contributed by atoms with Gasteiger partial charge in [0.2, 0.25) is 0 Å². The van der Waals surface area contributed by atoms with Crippen LogP contribution in [0.4, 0.5) is 11.4 Å². The summed E-state index contributed by atoms with van der Waals surface area (Å²) < 4.78 is 5.84. The smallest absolute Gasteiger partial charge is 0.142 e. The van der Waals surface area contributed by atoms with Crippen LogP contribution in [0.3, 0.4) is 0 Å². The van der Waals surface area contributed by atoms with Crippen LogP contribution in [-0.2, 0) is 6.54 Å². The zero-order valence-corrected chi connectivity index (χ0v) is 12.9. The Morgan fingerprint density at radius 1 is 1.19 bits per heavy atom. The van der Waals surface area contributed by atoms with E-state index in [9.17, 15) is 0 Å². The van der Waals surface area contributed by atoms with Crippen molar-refractivity contribution in [3.63, 3.8) is 0 Å². The summed E-state index contributed by atoms with van der Waals surface area (Å²) in [4.78, 5) is 2.28. The van der Waals surface area contributed by atoms with Gasteiger partial charge in [-0.05, 0) is 37.2 Å². The lowest BCUT2D eigenvalue weighted by Gasteiger charge is -2.27. The molecule has 0 bridgehead atoms. The maximum atomic E-state index is 6.51. The number of nitrogens with one attached hydrogen (secondary N) is 1. The number of fused-ring (bicyclic) bond motifs is 1. The molecule has 21 heavy (non-hydrogen) atoms. The van der Waals surface area contributed by atoms with Crippen LogP contribution in [0.15, 0.2) is 42.5 Å². The molecule has 3 rings (SSSR count). The first kappa shape index (κ1) is 14.2. The van der Waals surface area contributed by atoms with Gasteiger partial charge < -0.3 is 15.0 Å². The van der Waals surface area contributed by atoms with Crippen LogP contribution >= 0.6 is 11.6 Å². The van der Waals surface area contributed by atoms with E-state index in [-0.39, 0.29) is 0 Å². The van der Waals surface area contributed by atoms with Crippen LogP contribution < -0.4 is 15.0 Å². The number of hydrogen-bond acceptors (Lipinski definition) is 3. The molecule has 0 saturated carbocycles. The Morgan fingerprint density at radius 2 is 2.05 bits per heavy atom. The summed E-state index contributed by atoms with van der Waals surface area (Å²) in [6.45, 7) is 2.42. The summed E-state index contributed by atoms with van der Waals surface area (Å²) in [6, 6.07) is 14.2. The van der Waals surface area contributed by atoms with Gasteiger partial charge >= 0.3 is 0 Å². The van der Waals surface area contributed by atoms with Crippen LogP contribution in [-0.4, -0.2) is 20.2 Å². The van der Waals surface area contributed by atoms with Crippen LogP contribution in [0, 0.1) is 0 Å². The van der Waals surface area contributed by atoms with Crippen molar-refractivity contribution in [2.75, 3.05) is 25.1 Å². The predicted molar refractivity (Wildman–Crippen MR) is 87.8 cm³/mol. The zero-order valence-electron chi connectivity index (χ0n) is 12.1. The lowest BCUT2D eigenvalue weighted by Crippen LogP contribution is -2.21. The molecule has 0 spiro atoms. The van der Waals surface area contributed by atoms with Gasteiger partial charge in [-0.1, -0.05) is 35.9 Å². The largest absolute Gasteiger partial charge is 0.491 e. The number of benzene rings is 2. The van der Waals surface area contributed by atoms with Crippen molar-refractivity contribution in [3.05, 3.63) is 53.1 Å². The molecule has 1 heterocycles. The Hall–Kier alpha value is -1.71. The first-order valence-electron chi connectivity index (χ1n) is 7.22. The molecule has 110 valence electrons. The summed E-state index contributed by atoms with van der Waals surface area (Å²) in [5.41, 5.74) is 3.36. The normalized spacial score (nSPS) is 14.3. The van der Waals surface area contributed by atoms with Gasteiger partial charge in [0, 0.05) is 13.1 Å². The number of hydrogen-bond donors (Lipinski definition) is 1. The highest BCUT2D eigenvalue weighted by Gasteiger charge is 2.21. The fourth-order valence-electron chi connectivity index (χ4n) is 2.76. The van der Waals surface area contributed by atoms with E-state index in [4.69, 9.17) is 16.3 Å². The van der Waals surface area contributed by atoms with Crippen molar-refractivity contribution in [2.45, 2.75) is 13.0 Å². The Morgan fingerprint density at radius 3 is 2.90 bits per heavy atom. The fraction of sp³-hybridized carbons (Fsp3) is 0.294. The SMILES string of the molecule is CNCc1cccc(Cl)c1N1CCCOc2ccccc21. The molecule has 1 aliphatic heterocycles. The summed E-state index contributed by atoms with van der Waals surface area (Å²) in [7, 11) is 1.95. The summed E-state index contributed by atoms with van der Waals surface area (Å²) in [5, 5.41) is 3.99. The molecule has 0 atom stereocenters. The minimum atomic E-state index is 0.735. The van der Waals surface area contributed by atoms with Crippen LogP contribution in [0.2, 0.25) is 5.02 Å². The molecule has 0 radical (unpaired) electrons. The minimum Gasteiger partial charge on any atom is -0.491 e. The van der Waals surface area contributed by atoms with E-state index in [0.29, 0.717) is 0 Å². The molecule has 2 aromatic carbocycles. The van der Waals surface area contributed by atoms with E-state index in [1.54, 1.807) is 0 Å². The predicted octanol–water partition coefficient (Wildman–Crippen LogP) is 3.98. The van der Waals surface area contributed by atoms with E-state index >= 15 is 0 Å². The molecule has 1 N–H and O–H groups in total. The van der Waals surface area contributed by atoms with Gasteiger partial charge in [-0.15, -0.1) is 0 Å². The van der Waals surface area contributed by atoms with Gasteiger partial charge in [-0.25, -0.2) is 0 Å². The molecule has 2 aromatic rings. The van der Waals surface area contributed by atoms with E-state index in [1.165, 1.54) is 5.56 Å². The zero-order chi connectivity index (χ0) is 14.7. The number of rotatable bonds is 3. The third-order valence-electron chi connectivity index (χ3n) is 3.65. The Kier molecular flexibility index (Phi) is 4.32. The summed E-state index contributed by atoms with van der Waals surface area (Å²) >= 11 is 6.51. The maximum absolute atomic E-state index is 6.51. The minimum absolute atomic E-state index is 0.735. The Labute approximate surface area is 130 Å². The standard InChI is InChI=1S/C17H19ClN2O/c1-19-12-13-6-4-7-14(18)17(13)20-10-5-11-21-16-9-3-2-8-15(16)20/h2-4,6-9,19H,5,10-12H2,1H3. The molecule has 3 nitrogen and oxygen atoms in total. The Bertz CT molecular complexity index is 630. The number of halogens is 1. The number of anilines is 2. The monoisotopic (exact) mass is 302 g/mol. The third kappa shape index (κ3) is 2.85. The average molecular weight is 303 g/mol.